The van der Waals surface area contributed by atoms with E-state index < -0.39 is 10.0 Å². The van der Waals surface area contributed by atoms with Crippen molar-refractivity contribution in [3.8, 4) is 0 Å². The van der Waals surface area contributed by atoms with Crippen LogP contribution in [-0.4, -0.2) is 30.0 Å². The lowest BCUT2D eigenvalue weighted by molar-refractivity contribution is 0.543. The number of nitrogen functional groups attached to an aromatic ring is 1. The molecular weight excluding hydrogens is 274 g/mol. The molecule has 2 heterocycles. The number of nitrogens with two attached hydrogens (primary N) is 1. The second-order valence-corrected chi connectivity index (χ2v) is 6.52. The molecule has 0 amide bonds. The molecule has 0 bridgehead atoms. The normalized spacial score (nSPS) is 11.8. The molecule has 2 aromatic heterocycles. The summed E-state index contributed by atoms with van der Waals surface area (Å²) < 4.78 is 28.0. The van der Waals surface area contributed by atoms with E-state index in [4.69, 9.17) is 5.73 Å². The summed E-state index contributed by atoms with van der Waals surface area (Å²) in [6, 6.07) is 1.45. The molecule has 0 fully saturated rings. The maximum Gasteiger partial charge on any atom is 0.250 e. The average Bonchev–Trinajstić information content (AvgIpc) is 2.95. The lowest BCUT2D eigenvalue weighted by Gasteiger charge is -2.04. The van der Waals surface area contributed by atoms with Crippen molar-refractivity contribution in [1.82, 2.24) is 19.7 Å². The monoisotopic (exact) mass is 287 g/mol. The molecule has 3 N–H and O–H groups in total. The van der Waals surface area contributed by atoms with Gasteiger partial charge < -0.3 is 5.73 Å². The lowest BCUT2D eigenvalue weighted by Crippen LogP contribution is -2.24. The molecule has 2 rings (SSSR count). The van der Waals surface area contributed by atoms with Gasteiger partial charge in [-0.05, 0) is 12.5 Å². The molecule has 18 heavy (non-hydrogen) atoms. The molecule has 98 valence electrons. The van der Waals surface area contributed by atoms with Crippen LogP contribution < -0.4 is 10.5 Å². The number of hydrogen-bond donors (Lipinski definition) is 2. The van der Waals surface area contributed by atoms with Gasteiger partial charge in [0.1, 0.15) is 4.21 Å². The number of aryl methyl sites for hydroxylation is 1. The fourth-order valence-corrected chi connectivity index (χ4v) is 3.54. The molecule has 0 aliphatic carbocycles. The minimum Gasteiger partial charge on any atom is -0.398 e. The van der Waals surface area contributed by atoms with Crippen LogP contribution >= 0.6 is 11.3 Å². The van der Waals surface area contributed by atoms with E-state index in [-0.39, 0.29) is 4.21 Å². The van der Waals surface area contributed by atoms with Crippen molar-refractivity contribution in [3.63, 3.8) is 0 Å². The van der Waals surface area contributed by atoms with Gasteiger partial charge in [0.25, 0.3) is 0 Å². The second-order valence-electron chi connectivity index (χ2n) is 3.62. The predicted octanol–water partition coefficient (Wildman–Crippen LogP) is 0.290. The Morgan fingerprint density at radius 2 is 2.33 bits per heavy atom. The summed E-state index contributed by atoms with van der Waals surface area (Å²) in [5, 5.41) is 9.05. The molecule has 0 atom stereocenters. The highest BCUT2D eigenvalue weighted by atomic mass is 32.2. The minimum atomic E-state index is -3.44. The van der Waals surface area contributed by atoms with Crippen molar-refractivity contribution in [2.45, 2.75) is 17.2 Å². The summed E-state index contributed by atoms with van der Waals surface area (Å²) in [6.07, 6.45) is 3.95. The average molecular weight is 287 g/mol. The van der Waals surface area contributed by atoms with Crippen molar-refractivity contribution in [2.75, 3.05) is 12.3 Å². The molecular formula is C9H13N5O2S2. The number of sulfonamides is 1. The van der Waals surface area contributed by atoms with Crippen LogP contribution in [-0.2, 0) is 16.6 Å². The van der Waals surface area contributed by atoms with Crippen LogP contribution in [0.3, 0.4) is 0 Å². The third kappa shape index (κ3) is 3.28. The van der Waals surface area contributed by atoms with Crippen molar-refractivity contribution in [3.05, 3.63) is 23.8 Å². The zero-order chi connectivity index (χ0) is 13.0. The predicted molar refractivity (Wildman–Crippen MR) is 68.6 cm³/mol. The highest BCUT2D eigenvalue weighted by Crippen LogP contribution is 2.21. The van der Waals surface area contributed by atoms with Gasteiger partial charge in [0.05, 0.1) is 6.20 Å². The summed E-state index contributed by atoms with van der Waals surface area (Å²) in [7, 11) is -3.44. The fraction of sp³-hybridized carbons (Fsp3) is 0.333. The first-order valence-electron chi connectivity index (χ1n) is 5.26. The maximum absolute atomic E-state index is 11.8. The summed E-state index contributed by atoms with van der Waals surface area (Å²) >= 11 is 1.11. The Balaban J connectivity index is 1.82. The Morgan fingerprint density at radius 3 is 2.94 bits per heavy atom. The Labute approximate surface area is 109 Å². The first-order chi connectivity index (χ1) is 8.58. The summed E-state index contributed by atoms with van der Waals surface area (Å²) in [6.45, 7) is 0.967. The fourth-order valence-electron chi connectivity index (χ4n) is 1.34. The van der Waals surface area contributed by atoms with Crippen LogP contribution in [0.15, 0.2) is 28.0 Å². The summed E-state index contributed by atoms with van der Waals surface area (Å²) in [4.78, 5) is 0. The van der Waals surface area contributed by atoms with Gasteiger partial charge in [-0.3, -0.25) is 4.68 Å². The van der Waals surface area contributed by atoms with E-state index in [0.717, 1.165) is 11.3 Å². The molecule has 0 radical (unpaired) electrons. The van der Waals surface area contributed by atoms with Crippen LogP contribution in [0.4, 0.5) is 5.69 Å². The molecule has 0 aromatic carbocycles. The third-order valence-electron chi connectivity index (χ3n) is 2.19. The highest BCUT2D eigenvalue weighted by molar-refractivity contribution is 7.91. The summed E-state index contributed by atoms with van der Waals surface area (Å²) in [5.74, 6) is 0. The highest BCUT2D eigenvalue weighted by Gasteiger charge is 2.15. The largest absolute Gasteiger partial charge is 0.398 e. The molecule has 0 spiro atoms. The Morgan fingerprint density at radius 1 is 1.50 bits per heavy atom. The number of hydrogen-bond acceptors (Lipinski definition) is 6. The second kappa shape index (κ2) is 5.46. The first kappa shape index (κ1) is 13.0. The number of anilines is 1. The van der Waals surface area contributed by atoms with Gasteiger partial charge in [0.2, 0.25) is 10.0 Å². The SMILES string of the molecule is Nc1csc(S(=O)(=O)NCCCn2ccnn2)c1. The van der Waals surface area contributed by atoms with Gasteiger partial charge in [-0.2, -0.15) is 0 Å². The van der Waals surface area contributed by atoms with Crippen molar-refractivity contribution >= 4 is 27.0 Å². The van der Waals surface area contributed by atoms with Crippen LogP contribution in [0.1, 0.15) is 6.42 Å². The lowest BCUT2D eigenvalue weighted by atomic mass is 10.4. The van der Waals surface area contributed by atoms with Gasteiger partial charge in [0, 0.05) is 30.4 Å². The molecule has 0 aliphatic rings. The molecule has 7 nitrogen and oxygen atoms in total. The van der Waals surface area contributed by atoms with E-state index in [1.54, 1.807) is 22.5 Å². The van der Waals surface area contributed by atoms with Crippen LogP contribution in [0.25, 0.3) is 0 Å². The van der Waals surface area contributed by atoms with Crippen molar-refractivity contribution < 1.29 is 8.42 Å². The molecule has 0 aliphatic heterocycles. The van der Waals surface area contributed by atoms with Gasteiger partial charge in [-0.1, -0.05) is 5.21 Å². The third-order valence-corrected chi connectivity index (χ3v) is 5.11. The van der Waals surface area contributed by atoms with Gasteiger partial charge in [-0.15, -0.1) is 16.4 Å². The van der Waals surface area contributed by atoms with Crippen LogP contribution in [0.2, 0.25) is 0 Å². The molecule has 2 aromatic rings. The number of aromatic nitrogens is 3. The summed E-state index contributed by atoms with van der Waals surface area (Å²) in [5.41, 5.74) is 5.96. The number of nitrogens with zero attached hydrogens (tertiary/aromatic N) is 3. The van der Waals surface area contributed by atoms with E-state index in [1.807, 2.05) is 0 Å². The van der Waals surface area contributed by atoms with Crippen molar-refractivity contribution in [1.29, 1.82) is 0 Å². The van der Waals surface area contributed by atoms with E-state index in [1.165, 1.54) is 6.07 Å². The zero-order valence-corrected chi connectivity index (χ0v) is 11.1. The van der Waals surface area contributed by atoms with Gasteiger partial charge in [-0.25, -0.2) is 13.1 Å². The zero-order valence-electron chi connectivity index (χ0n) is 9.48. The smallest absolute Gasteiger partial charge is 0.250 e. The van der Waals surface area contributed by atoms with E-state index in [0.29, 0.717) is 25.2 Å². The molecule has 0 unspecified atom stereocenters. The van der Waals surface area contributed by atoms with Crippen molar-refractivity contribution in [2.24, 2.45) is 0 Å². The minimum absolute atomic E-state index is 0.237. The van der Waals surface area contributed by atoms with E-state index in [2.05, 4.69) is 15.0 Å². The van der Waals surface area contributed by atoms with Crippen LogP contribution in [0, 0.1) is 0 Å². The van der Waals surface area contributed by atoms with Gasteiger partial charge in [0.15, 0.2) is 0 Å². The number of thiophene rings is 1. The quantitative estimate of drug-likeness (QED) is 0.743. The van der Waals surface area contributed by atoms with Gasteiger partial charge >= 0.3 is 0 Å². The first-order valence-corrected chi connectivity index (χ1v) is 7.62. The Bertz CT molecular complexity index is 590. The standard InChI is InChI=1S/C9H13N5O2S2/c10-8-6-9(17-7-8)18(15,16)12-2-1-4-14-5-3-11-13-14/h3,5-7,12H,1-2,4,10H2. The van der Waals surface area contributed by atoms with E-state index >= 15 is 0 Å². The molecule has 0 saturated carbocycles. The van der Waals surface area contributed by atoms with E-state index in [9.17, 15) is 8.42 Å². The molecule has 9 heteroatoms. The topological polar surface area (TPSA) is 103 Å². The maximum atomic E-state index is 11.8. The number of nitrogens with one attached hydrogen (secondary N) is 1. The molecule has 0 saturated heterocycles. The van der Waals surface area contributed by atoms with Crippen LogP contribution in [0.5, 0.6) is 0 Å². The Hall–Kier alpha value is -1.45. The number of rotatable bonds is 6. The Kier molecular flexibility index (Phi) is 3.94.